The van der Waals surface area contributed by atoms with Crippen molar-refractivity contribution in [1.82, 2.24) is 15.1 Å². The molecule has 0 bridgehead atoms. The highest BCUT2D eigenvalue weighted by molar-refractivity contribution is 7.13. The second kappa shape index (κ2) is 8.15. The van der Waals surface area contributed by atoms with Gasteiger partial charge in [-0.25, -0.2) is 4.39 Å². The van der Waals surface area contributed by atoms with Crippen molar-refractivity contribution in [1.29, 1.82) is 0 Å². The Morgan fingerprint density at radius 1 is 1.25 bits per heavy atom. The maximum atomic E-state index is 13.3. The number of hydrogen-bond donors (Lipinski definition) is 1. The Morgan fingerprint density at radius 2 is 2.14 bits per heavy atom. The van der Waals surface area contributed by atoms with Gasteiger partial charge in [-0.05, 0) is 42.5 Å². The van der Waals surface area contributed by atoms with Crippen molar-refractivity contribution in [3.8, 4) is 0 Å². The van der Waals surface area contributed by atoms with Gasteiger partial charge in [0, 0.05) is 17.1 Å². The molecule has 1 aliphatic heterocycles. The number of benzene rings is 1. The fourth-order valence-corrected chi connectivity index (χ4v) is 4.78. The van der Waals surface area contributed by atoms with Crippen LogP contribution in [0.4, 0.5) is 10.1 Å². The average Bonchev–Trinajstić information content (AvgIpc) is 3.42. The number of rotatable bonds is 5. The van der Waals surface area contributed by atoms with Crippen LogP contribution in [0.3, 0.4) is 0 Å². The SMILES string of the molecule is O=C(Nc1cccc(F)c1)c1nnc(C2CCCN2C(=O)Cc2cccs2)s1. The third-order valence-electron chi connectivity index (χ3n) is 4.48. The molecule has 1 atom stereocenters. The largest absolute Gasteiger partial charge is 0.333 e. The van der Waals surface area contributed by atoms with Crippen LogP contribution in [-0.2, 0) is 11.2 Å². The van der Waals surface area contributed by atoms with Crippen molar-refractivity contribution in [2.24, 2.45) is 0 Å². The van der Waals surface area contributed by atoms with Crippen LogP contribution in [0.25, 0.3) is 0 Å². The molecule has 1 N–H and O–H groups in total. The summed E-state index contributed by atoms with van der Waals surface area (Å²) >= 11 is 2.74. The quantitative estimate of drug-likeness (QED) is 0.685. The van der Waals surface area contributed by atoms with Crippen molar-refractivity contribution in [3.05, 3.63) is 62.5 Å². The van der Waals surface area contributed by atoms with Crippen molar-refractivity contribution in [2.45, 2.75) is 25.3 Å². The highest BCUT2D eigenvalue weighted by Crippen LogP contribution is 2.34. The number of nitrogens with zero attached hydrogens (tertiary/aromatic N) is 3. The molecular formula is C19H17FN4O2S2. The van der Waals surface area contributed by atoms with Crippen LogP contribution < -0.4 is 5.32 Å². The number of aromatic nitrogens is 2. The standard InChI is InChI=1S/C19H17FN4O2S2/c20-12-4-1-5-13(10-12)21-17(26)19-23-22-18(28-19)15-7-2-8-24(15)16(25)11-14-6-3-9-27-14/h1,3-6,9-10,15H,2,7-8,11H2,(H,21,26). The van der Waals surface area contributed by atoms with Gasteiger partial charge in [-0.1, -0.05) is 23.5 Å². The lowest BCUT2D eigenvalue weighted by Gasteiger charge is -2.22. The van der Waals surface area contributed by atoms with E-state index in [9.17, 15) is 14.0 Å². The minimum Gasteiger partial charge on any atom is -0.333 e. The van der Waals surface area contributed by atoms with Crippen molar-refractivity contribution in [3.63, 3.8) is 0 Å². The summed E-state index contributed by atoms with van der Waals surface area (Å²) in [6, 6.07) is 9.40. The minimum absolute atomic E-state index is 0.0610. The number of amides is 2. The van der Waals surface area contributed by atoms with Crippen LogP contribution in [0.15, 0.2) is 41.8 Å². The lowest BCUT2D eigenvalue weighted by molar-refractivity contribution is -0.131. The Balaban J connectivity index is 1.45. The number of carbonyl (C=O) groups excluding carboxylic acids is 2. The molecule has 4 rings (SSSR count). The fraction of sp³-hybridized carbons (Fsp3) is 0.263. The van der Waals surface area contributed by atoms with E-state index in [1.165, 1.54) is 29.5 Å². The van der Waals surface area contributed by atoms with E-state index in [4.69, 9.17) is 0 Å². The summed E-state index contributed by atoms with van der Waals surface area (Å²) in [5.41, 5.74) is 0.357. The van der Waals surface area contributed by atoms with Gasteiger partial charge in [0.1, 0.15) is 10.8 Å². The smallest absolute Gasteiger partial charge is 0.286 e. The van der Waals surface area contributed by atoms with Crippen LogP contribution in [0.5, 0.6) is 0 Å². The molecule has 1 aromatic carbocycles. The fourth-order valence-electron chi connectivity index (χ4n) is 3.20. The molecule has 0 spiro atoms. The molecular weight excluding hydrogens is 399 g/mol. The van der Waals surface area contributed by atoms with E-state index in [2.05, 4.69) is 15.5 Å². The maximum absolute atomic E-state index is 13.3. The molecule has 0 aliphatic carbocycles. The molecule has 144 valence electrons. The predicted molar refractivity (Wildman–Crippen MR) is 106 cm³/mol. The second-order valence-electron chi connectivity index (χ2n) is 6.41. The Labute approximate surface area is 169 Å². The highest BCUT2D eigenvalue weighted by atomic mass is 32.1. The summed E-state index contributed by atoms with van der Waals surface area (Å²) < 4.78 is 13.3. The van der Waals surface area contributed by atoms with Crippen molar-refractivity contribution < 1.29 is 14.0 Å². The normalized spacial score (nSPS) is 16.3. The topological polar surface area (TPSA) is 75.2 Å². The number of hydrogen-bond acceptors (Lipinski definition) is 6. The van der Waals surface area contributed by atoms with Crippen LogP contribution in [0.2, 0.25) is 0 Å². The average molecular weight is 417 g/mol. The van der Waals surface area contributed by atoms with Gasteiger partial charge in [0.05, 0.1) is 12.5 Å². The lowest BCUT2D eigenvalue weighted by atomic mass is 10.2. The summed E-state index contributed by atoms with van der Waals surface area (Å²) in [7, 11) is 0. The minimum atomic E-state index is -0.441. The summed E-state index contributed by atoms with van der Waals surface area (Å²) in [4.78, 5) is 27.9. The first-order valence-electron chi connectivity index (χ1n) is 8.82. The van der Waals surface area contributed by atoms with Crippen LogP contribution in [0, 0.1) is 5.82 Å². The van der Waals surface area contributed by atoms with Gasteiger partial charge in [0.15, 0.2) is 0 Å². The summed E-state index contributed by atoms with van der Waals surface area (Å²) in [5, 5.41) is 13.5. The predicted octanol–water partition coefficient (Wildman–Crippen LogP) is 3.90. The number of likely N-dealkylation sites (tertiary alicyclic amines) is 1. The van der Waals surface area contributed by atoms with Crippen LogP contribution >= 0.6 is 22.7 Å². The maximum Gasteiger partial charge on any atom is 0.286 e. The van der Waals surface area contributed by atoms with E-state index in [1.807, 2.05) is 22.4 Å². The molecule has 3 heterocycles. The van der Waals surface area contributed by atoms with Crippen LogP contribution in [0.1, 0.15) is 38.6 Å². The molecule has 0 saturated carbocycles. The molecule has 1 aliphatic rings. The number of carbonyl (C=O) groups is 2. The molecule has 2 aromatic heterocycles. The van der Waals surface area contributed by atoms with Gasteiger partial charge in [0.25, 0.3) is 5.91 Å². The number of anilines is 1. The van der Waals surface area contributed by atoms with E-state index in [0.29, 0.717) is 23.7 Å². The first-order valence-corrected chi connectivity index (χ1v) is 10.5. The molecule has 1 saturated heterocycles. The molecule has 3 aromatic rings. The summed E-state index contributed by atoms with van der Waals surface area (Å²) in [5.74, 6) is -0.809. The van der Waals surface area contributed by atoms with Gasteiger partial charge >= 0.3 is 0 Å². The zero-order chi connectivity index (χ0) is 19.5. The number of thiophene rings is 1. The van der Waals surface area contributed by atoms with Gasteiger partial charge in [-0.15, -0.1) is 21.5 Å². The Bertz CT molecular complexity index is 990. The van der Waals surface area contributed by atoms with Gasteiger partial charge in [0.2, 0.25) is 10.9 Å². The Morgan fingerprint density at radius 3 is 2.93 bits per heavy atom. The molecule has 2 amide bonds. The van der Waals surface area contributed by atoms with E-state index in [0.717, 1.165) is 17.7 Å². The van der Waals surface area contributed by atoms with E-state index in [-0.39, 0.29) is 17.0 Å². The third-order valence-corrected chi connectivity index (χ3v) is 6.38. The Hall–Kier alpha value is -2.65. The molecule has 9 heteroatoms. The van der Waals surface area contributed by atoms with Gasteiger partial charge < -0.3 is 10.2 Å². The zero-order valence-corrected chi connectivity index (χ0v) is 16.4. The summed E-state index contributed by atoms with van der Waals surface area (Å²) in [6.07, 6.45) is 2.07. The molecule has 0 radical (unpaired) electrons. The summed E-state index contributed by atoms with van der Waals surface area (Å²) in [6.45, 7) is 0.680. The van der Waals surface area contributed by atoms with E-state index >= 15 is 0 Å². The molecule has 28 heavy (non-hydrogen) atoms. The van der Waals surface area contributed by atoms with Crippen molar-refractivity contribution >= 4 is 40.2 Å². The monoisotopic (exact) mass is 416 g/mol. The molecule has 1 fully saturated rings. The lowest BCUT2D eigenvalue weighted by Crippen LogP contribution is -2.31. The third kappa shape index (κ3) is 4.10. The van der Waals surface area contributed by atoms with E-state index in [1.54, 1.807) is 17.4 Å². The number of nitrogens with one attached hydrogen (secondary N) is 1. The first kappa shape index (κ1) is 18.7. The second-order valence-corrected chi connectivity index (χ2v) is 8.45. The van der Waals surface area contributed by atoms with Crippen molar-refractivity contribution in [2.75, 3.05) is 11.9 Å². The molecule has 1 unspecified atom stereocenters. The number of halogens is 1. The highest BCUT2D eigenvalue weighted by Gasteiger charge is 2.33. The molecule has 6 nitrogen and oxygen atoms in total. The van der Waals surface area contributed by atoms with Gasteiger partial charge in [-0.2, -0.15) is 0 Å². The van der Waals surface area contributed by atoms with Gasteiger partial charge in [-0.3, -0.25) is 9.59 Å². The zero-order valence-electron chi connectivity index (χ0n) is 14.8. The van der Waals surface area contributed by atoms with E-state index < -0.39 is 11.7 Å². The van der Waals surface area contributed by atoms with Crippen LogP contribution in [-0.4, -0.2) is 33.5 Å². The Kier molecular flexibility index (Phi) is 5.45. The first-order chi connectivity index (χ1) is 13.6.